The van der Waals surface area contributed by atoms with Gasteiger partial charge in [-0.1, -0.05) is 70.7 Å². The second kappa shape index (κ2) is 18.1. The van der Waals surface area contributed by atoms with Crippen LogP contribution in [-0.2, 0) is 4.79 Å². The molecule has 0 amide bonds. The molecule has 1 aromatic carbocycles. The zero-order chi connectivity index (χ0) is 14.3. The molecule has 0 atom stereocenters. The molecule has 0 aliphatic heterocycles. The second-order valence-electron chi connectivity index (χ2n) is 2.81. The van der Waals surface area contributed by atoms with E-state index in [-0.39, 0.29) is 5.78 Å². The van der Waals surface area contributed by atoms with Crippen molar-refractivity contribution < 1.29 is 9.90 Å². The highest BCUT2D eigenvalue weighted by Crippen LogP contribution is 2.03. The van der Waals surface area contributed by atoms with E-state index in [1.54, 1.807) is 0 Å². The number of aryl methyl sites for hydroxylation is 1. The van der Waals surface area contributed by atoms with Crippen molar-refractivity contribution >= 4 is 40.6 Å². The van der Waals surface area contributed by atoms with E-state index in [1.807, 2.05) is 18.2 Å². The fraction of sp³-hybridized carbons (Fsp3) is 0.417. The Morgan fingerprint density at radius 2 is 1.29 bits per heavy atom. The molecule has 1 rings (SSSR count). The van der Waals surface area contributed by atoms with Gasteiger partial charge in [-0.2, -0.15) is 0 Å². The average molecular weight is 302 g/mol. The minimum Gasteiger partial charge on any atom is -0.400 e. The van der Waals surface area contributed by atoms with Gasteiger partial charge in [0, 0.05) is 7.11 Å². The van der Waals surface area contributed by atoms with Crippen LogP contribution in [0, 0.1) is 6.92 Å². The summed E-state index contributed by atoms with van der Waals surface area (Å²) in [6.07, 6.45) is 0. The molecule has 100 valence electrons. The van der Waals surface area contributed by atoms with Gasteiger partial charge in [0.25, 0.3) is 0 Å². The molecule has 0 heterocycles. The molecule has 1 aromatic rings. The number of rotatable bonds is 0. The lowest BCUT2D eigenvalue weighted by Gasteiger charge is -1.82. The van der Waals surface area contributed by atoms with Gasteiger partial charge in [-0.15, -0.1) is 0 Å². The lowest BCUT2D eigenvalue weighted by Crippen LogP contribution is -1.69. The van der Waals surface area contributed by atoms with E-state index in [4.69, 9.17) is 39.9 Å². The number of alkyl halides is 3. The van der Waals surface area contributed by atoms with Crippen LogP contribution in [-0.4, -0.2) is 22.3 Å². The van der Waals surface area contributed by atoms with Crippen molar-refractivity contribution in [1.29, 1.82) is 0 Å². The first-order valence-corrected chi connectivity index (χ1v) is 6.03. The summed E-state index contributed by atoms with van der Waals surface area (Å²) in [6, 6.07) is 10.3. The Labute approximate surface area is 119 Å². The first-order chi connectivity index (χ1) is 7.86. The van der Waals surface area contributed by atoms with Crippen LogP contribution in [0.5, 0.6) is 0 Å². The van der Waals surface area contributed by atoms with E-state index in [2.05, 4.69) is 19.1 Å². The number of ketones is 1. The summed E-state index contributed by atoms with van der Waals surface area (Å²) >= 11 is 14.4. The predicted molar refractivity (Wildman–Crippen MR) is 77.0 cm³/mol. The molecule has 0 aliphatic carbocycles. The smallest absolute Gasteiger partial charge is 0.180 e. The molecule has 0 saturated carbocycles. The third-order valence-electron chi connectivity index (χ3n) is 0.940. The van der Waals surface area contributed by atoms with Crippen LogP contribution in [0.3, 0.4) is 0 Å². The number of benzene rings is 1. The third-order valence-corrected chi connectivity index (χ3v) is 0.940. The van der Waals surface area contributed by atoms with Gasteiger partial charge >= 0.3 is 0 Å². The van der Waals surface area contributed by atoms with Crippen molar-refractivity contribution in [1.82, 2.24) is 0 Å². The minimum atomic E-state index is -0.750. The van der Waals surface area contributed by atoms with Crippen molar-refractivity contribution in [3.05, 3.63) is 35.9 Å². The highest BCUT2D eigenvalue weighted by atomic mass is 35.6. The molecule has 2 nitrogen and oxygen atoms in total. The summed E-state index contributed by atoms with van der Waals surface area (Å²) < 4.78 is -0.750. The first kappa shape index (κ1) is 21.9. The number of halogens is 3. The summed E-state index contributed by atoms with van der Waals surface area (Å²) in [5.41, 5.74) is 1.32. The Morgan fingerprint density at radius 3 is 1.41 bits per heavy atom. The molecule has 5 heteroatoms. The first-order valence-electron chi connectivity index (χ1n) is 4.72. The van der Waals surface area contributed by atoms with Crippen LogP contribution >= 0.6 is 34.8 Å². The Balaban J connectivity index is -0.000000172. The second-order valence-corrected chi connectivity index (χ2v) is 4.79. The van der Waals surface area contributed by atoms with Crippen molar-refractivity contribution in [2.45, 2.75) is 25.1 Å². The number of aliphatic hydroxyl groups is 1. The summed E-state index contributed by atoms with van der Waals surface area (Å²) in [5.74, 6) is 0.167. The quantitative estimate of drug-likeness (QED) is 0.730. The van der Waals surface area contributed by atoms with E-state index >= 15 is 0 Å². The fourth-order valence-corrected chi connectivity index (χ4v) is 0.534. The van der Waals surface area contributed by atoms with Gasteiger partial charge in [-0.05, 0) is 20.8 Å². The topological polar surface area (TPSA) is 37.3 Å². The van der Waals surface area contributed by atoms with Crippen LogP contribution in [0.4, 0.5) is 0 Å². The van der Waals surface area contributed by atoms with Crippen molar-refractivity contribution in [3.8, 4) is 0 Å². The Kier molecular flexibility index (Phi) is 23.4. The van der Waals surface area contributed by atoms with Crippen LogP contribution in [0.1, 0.15) is 19.4 Å². The minimum absolute atomic E-state index is 0.167. The van der Waals surface area contributed by atoms with Gasteiger partial charge in [0.15, 0.2) is 4.30 Å². The molecular weight excluding hydrogens is 282 g/mol. The van der Waals surface area contributed by atoms with E-state index in [9.17, 15) is 4.79 Å². The standard InChI is InChI=1S/C7H8.C3H6O.CHCl3.CH4O/c1-7-5-3-2-4-6-7;1-3(2)4;2-1(3)4;1-2/h2-6H,1H3;1-2H3;1H;2H,1H3. The molecule has 0 radical (unpaired) electrons. The van der Waals surface area contributed by atoms with Gasteiger partial charge in [0.1, 0.15) is 5.78 Å². The normalized spacial score (nSPS) is 7.59. The average Bonchev–Trinajstić information content (AvgIpc) is 2.20. The van der Waals surface area contributed by atoms with E-state index in [0.29, 0.717) is 0 Å². The number of carbonyl (C=O) groups excluding carboxylic acids is 1. The Bertz CT molecular complexity index is 244. The molecule has 17 heavy (non-hydrogen) atoms. The largest absolute Gasteiger partial charge is 0.400 e. The summed E-state index contributed by atoms with van der Waals surface area (Å²) in [7, 11) is 1.00. The third kappa shape index (κ3) is 49.7. The SMILES string of the molecule is CC(C)=O.CO.Cc1ccccc1.ClC(Cl)Cl. The fourth-order valence-electron chi connectivity index (χ4n) is 0.534. The molecule has 0 unspecified atom stereocenters. The molecular formula is C12H19Cl3O2. The zero-order valence-electron chi connectivity index (χ0n) is 10.5. The monoisotopic (exact) mass is 300 g/mol. The van der Waals surface area contributed by atoms with Gasteiger partial charge in [-0.3, -0.25) is 0 Å². The number of aliphatic hydroxyl groups excluding tert-OH is 1. The van der Waals surface area contributed by atoms with Crippen LogP contribution in [0.15, 0.2) is 30.3 Å². The number of hydrogen-bond donors (Lipinski definition) is 1. The summed E-state index contributed by atoms with van der Waals surface area (Å²) in [4.78, 5) is 9.44. The van der Waals surface area contributed by atoms with Crippen LogP contribution in [0.25, 0.3) is 0 Å². The Hall–Kier alpha value is -0.280. The molecule has 1 N–H and O–H groups in total. The van der Waals surface area contributed by atoms with Crippen LogP contribution < -0.4 is 0 Å². The van der Waals surface area contributed by atoms with Crippen molar-refractivity contribution in [2.75, 3.05) is 7.11 Å². The van der Waals surface area contributed by atoms with Gasteiger partial charge < -0.3 is 9.90 Å². The highest BCUT2D eigenvalue weighted by Gasteiger charge is 1.78. The molecule has 0 bridgehead atoms. The maximum atomic E-state index is 9.44. The number of hydrogen-bond acceptors (Lipinski definition) is 2. The number of Topliss-reactive ketones (excluding diaryl/α,β-unsaturated/α-hetero) is 1. The number of carbonyl (C=O) groups is 1. The Morgan fingerprint density at radius 1 is 1.06 bits per heavy atom. The van der Waals surface area contributed by atoms with Gasteiger partial charge in [0.05, 0.1) is 0 Å². The lowest BCUT2D eigenvalue weighted by molar-refractivity contribution is -0.114. The van der Waals surface area contributed by atoms with E-state index in [1.165, 1.54) is 19.4 Å². The molecule has 0 aliphatic rings. The van der Waals surface area contributed by atoms with Crippen molar-refractivity contribution in [2.24, 2.45) is 0 Å². The molecule has 0 fully saturated rings. The summed E-state index contributed by atoms with van der Waals surface area (Å²) in [5, 5.41) is 7.00. The van der Waals surface area contributed by atoms with Crippen LogP contribution in [0.2, 0.25) is 0 Å². The van der Waals surface area contributed by atoms with Gasteiger partial charge in [0.2, 0.25) is 0 Å². The van der Waals surface area contributed by atoms with Crippen molar-refractivity contribution in [3.63, 3.8) is 0 Å². The zero-order valence-corrected chi connectivity index (χ0v) is 12.7. The lowest BCUT2D eigenvalue weighted by atomic mass is 10.2. The van der Waals surface area contributed by atoms with E-state index < -0.39 is 4.30 Å². The molecule has 0 aromatic heterocycles. The maximum Gasteiger partial charge on any atom is 0.180 e. The van der Waals surface area contributed by atoms with E-state index in [0.717, 1.165) is 7.11 Å². The maximum absolute atomic E-state index is 9.44. The predicted octanol–water partition coefficient (Wildman–Crippen LogP) is 4.19. The highest BCUT2D eigenvalue weighted by molar-refractivity contribution is 6.63. The summed E-state index contributed by atoms with van der Waals surface area (Å²) in [6.45, 7) is 5.14. The molecule has 0 saturated heterocycles. The molecule has 0 spiro atoms. The van der Waals surface area contributed by atoms with Gasteiger partial charge in [-0.25, -0.2) is 0 Å².